The van der Waals surface area contributed by atoms with Gasteiger partial charge in [0, 0.05) is 12.0 Å². The van der Waals surface area contributed by atoms with E-state index in [4.69, 9.17) is 4.42 Å². The average Bonchev–Trinajstić information content (AvgIpc) is 2.12. The van der Waals surface area contributed by atoms with E-state index in [0.717, 1.165) is 6.42 Å². The molecule has 1 atom stereocenters. The Morgan fingerprint density at radius 3 is 2.69 bits per heavy atom. The van der Waals surface area contributed by atoms with E-state index in [0.29, 0.717) is 5.76 Å². The second-order valence-corrected chi connectivity index (χ2v) is 3.26. The lowest BCUT2D eigenvalue weighted by atomic mass is 10.1. The van der Waals surface area contributed by atoms with Gasteiger partial charge in [0.1, 0.15) is 11.5 Å². The van der Waals surface area contributed by atoms with E-state index >= 15 is 0 Å². The zero-order chi connectivity index (χ0) is 10.0. The van der Waals surface area contributed by atoms with Gasteiger partial charge >= 0.3 is 5.63 Å². The smallest absolute Gasteiger partial charge is 0.342 e. The van der Waals surface area contributed by atoms with Gasteiger partial charge in [-0.1, -0.05) is 13.8 Å². The van der Waals surface area contributed by atoms with Gasteiger partial charge in [0.15, 0.2) is 0 Å². The summed E-state index contributed by atoms with van der Waals surface area (Å²) in [4.78, 5) is 11.2. The highest BCUT2D eigenvalue weighted by Gasteiger charge is 2.10. The van der Waals surface area contributed by atoms with E-state index < -0.39 is 5.63 Å². The highest BCUT2D eigenvalue weighted by molar-refractivity contribution is 5.29. The van der Waals surface area contributed by atoms with Crippen molar-refractivity contribution >= 4 is 0 Å². The van der Waals surface area contributed by atoms with Crippen LogP contribution in [0, 0.1) is 6.92 Å². The maximum absolute atomic E-state index is 11.2. The van der Waals surface area contributed by atoms with E-state index in [1.807, 2.05) is 13.8 Å². The molecule has 1 N–H and O–H groups in total. The van der Waals surface area contributed by atoms with E-state index in [1.165, 1.54) is 6.07 Å². The fourth-order valence-electron chi connectivity index (χ4n) is 1.00. The lowest BCUT2D eigenvalue weighted by Crippen LogP contribution is -2.06. The summed E-state index contributed by atoms with van der Waals surface area (Å²) < 4.78 is 5.03. The molecule has 1 aromatic rings. The summed E-state index contributed by atoms with van der Waals surface area (Å²) >= 11 is 0. The molecule has 3 heteroatoms. The van der Waals surface area contributed by atoms with Crippen molar-refractivity contribution in [2.24, 2.45) is 0 Å². The third kappa shape index (κ3) is 1.91. The molecule has 0 radical (unpaired) electrons. The molecule has 0 aliphatic heterocycles. The highest BCUT2D eigenvalue weighted by Crippen LogP contribution is 2.22. The second kappa shape index (κ2) is 3.64. The van der Waals surface area contributed by atoms with Gasteiger partial charge in [-0.25, -0.2) is 4.79 Å². The standard InChI is InChI=1S/C10H14O3/c1-4-6(2)9-5-8(11)7(3)10(12)13-9/h5-6,11H,4H2,1-3H3/t6-/m1/s1. The highest BCUT2D eigenvalue weighted by atomic mass is 16.4. The molecule has 0 saturated carbocycles. The molecule has 3 nitrogen and oxygen atoms in total. The molecule has 0 aliphatic carbocycles. The minimum Gasteiger partial charge on any atom is -0.507 e. The second-order valence-electron chi connectivity index (χ2n) is 3.26. The summed E-state index contributed by atoms with van der Waals surface area (Å²) in [6.45, 7) is 5.50. The Morgan fingerprint density at radius 1 is 1.62 bits per heavy atom. The molecule has 72 valence electrons. The van der Waals surface area contributed by atoms with Crippen LogP contribution in [0.2, 0.25) is 0 Å². The van der Waals surface area contributed by atoms with Crippen LogP contribution in [0.25, 0.3) is 0 Å². The van der Waals surface area contributed by atoms with Crippen LogP contribution in [0.15, 0.2) is 15.3 Å². The van der Waals surface area contributed by atoms with Gasteiger partial charge in [0.25, 0.3) is 0 Å². The first-order chi connectivity index (χ1) is 6.06. The van der Waals surface area contributed by atoms with Gasteiger partial charge in [-0.2, -0.15) is 0 Å². The van der Waals surface area contributed by atoms with Crippen LogP contribution in [0.5, 0.6) is 5.75 Å². The normalized spacial score (nSPS) is 12.8. The number of aromatic hydroxyl groups is 1. The summed E-state index contributed by atoms with van der Waals surface area (Å²) in [7, 11) is 0. The average molecular weight is 182 g/mol. The van der Waals surface area contributed by atoms with Crippen molar-refractivity contribution in [2.75, 3.05) is 0 Å². The maximum atomic E-state index is 11.2. The molecule has 1 rings (SSSR count). The Hall–Kier alpha value is -1.25. The van der Waals surface area contributed by atoms with Crippen LogP contribution in [0.3, 0.4) is 0 Å². The Bertz CT molecular complexity index is 352. The molecular formula is C10H14O3. The monoisotopic (exact) mass is 182 g/mol. The Balaban J connectivity index is 3.21. The lowest BCUT2D eigenvalue weighted by molar-refractivity contribution is 0.397. The zero-order valence-corrected chi connectivity index (χ0v) is 8.13. The van der Waals surface area contributed by atoms with Gasteiger partial charge in [0.05, 0.1) is 5.56 Å². The van der Waals surface area contributed by atoms with Gasteiger partial charge in [-0.15, -0.1) is 0 Å². The lowest BCUT2D eigenvalue weighted by Gasteiger charge is -2.07. The van der Waals surface area contributed by atoms with E-state index in [1.54, 1.807) is 6.92 Å². The summed E-state index contributed by atoms with van der Waals surface area (Å²) in [5, 5.41) is 9.37. The topological polar surface area (TPSA) is 50.4 Å². The molecule has 0 saturated heterocycles. The minimum atomic E-state index is -0.449. The first kappa shape index (κ1) is 9.84. The van der Waals surface area contributed by atoms with Crippen molar-refractivity contribution in [3.05, 3.63) is 27.8 Å². The molecule has 0 fully saturated rings. The molecule has 1 heterocycles. The van der Waals surface area contributed by atoms with Crippen LogP contribution >= 0.6 is 0 Å². The third-order valence-electron chi connectivity index (χ3n) is 2.28. The van der Waals surface area contributed by atoms with Crippen molar-refractivity contribution in [1.82, 2.24) is 0 Å². The SMILES string of the molecule is CC[C@@H](C)c1cc(O)c(C)c(=O)o1. The van der Waals surface area contributed by atoms with Crippen LogP contribution in [-0.2, 0) is 0 Å². The number of hydrogen-bond donors (Lipinski definition) is 1. The molecule has 0 spiro atoms. The largest absolute Gasteiger partial charge is 0.507 e. The molecule has 0 amide bonds. The summed E-state index contributed by atoms with van der Waals surface area (Å²) in [5.41, 5.74) is -0.178. The van der Waals surface area contributed by atoms with Crippen molar-refractivity contribution in [3.63, 3.8) is 0 Å². The van der Waals surface area contributed by atoms with Gasteiger partial charge < -0.3 is 9.52 Å². The quantitative estimate of drug-likeness (QED) is 0.762. The van der Waals surface area contributed by atoms with Crippen LogP contribution < -0.4 is 5.63 Å². The van der Waals surface area contributed by atoms with Crippen molar-refractivity contribution in [1.29, 1.82) is 0 Å². The summed E-state index contributed by atoms with van der Waals surface area (Å²) in [6.07, 6.45) is 0.880. The van der Waals surface area contributed by atoms with Crippen LogP contribution in [0.1, 0.15) is 37.5 Å². The molecular weight excluding hydrogens is 168 g/mol. The molecule has 0 aliphatic rings. The Morgan fingerprint density at radius 2 is 2.23 bits per heavy atom. The molecule has 1 aromatic heterocycles. The Labute approximate surface area is 77.0 Å². The van der Waals surface area contributed by atoms with Gasteiger partial charge in [-0.3, -0.25) is 0 Å². The molecule has 0 unspecified atom stereocenters. The Kier molecular flexibility index (Phi) is 2.76. The number of rotatable bonds is 2. The van der Waals surface area contributed by atoms with Gasteiger partial charge in [0.2, 0.25) is 0 Å². The third-order valence-corrected chi connectivity index (χ3v) is 2.28. The van der Waals surface area contributed by atoms with Crippen molar-refractivity contribution in [2.45, 2.75) is 33.1 Å². The predicted octanol–water partition coefficient (Wildman–Crippen LogP) is 2.17. The van der Waals surface area contributed by atoms with Crippen LogP contribution in [0.4, 0.5) is 0 Å². The van der Waals surface area contributed by atoms with E-state index in [-0.39, 0.29) is 17.2 Å². The van der Waals surface area contributed by atoms with Crippen molar-refractivity contribution in [3.8, 4) is 5.75 Å². The molecule has 13 heavy (non-hydrogen) atoms. The van der Waals surface area contributed by atoms with Crippen molar-refractivity contribution < 1.29 is 9.52 Å². The molecule has 0 bridgehead atoms. The maximum Gasteiger partial charge on any atom is 0.342 e. The first-order valence-corrected chi connectivity index (χ1v) is 4.39. The van der Waals surface area contributed by atoms with E-state index in [9.17, 15) is 9.90 Å². The zero-order valence-electron chi connectivity index (χ0n) is 8.13. The summed E-state index contributed by atoms with van der Waals surface area (Å²) in [6, 6.07) is 1.52. The number of hydrogen-bond acceptors (Lipinski definition) is 3. The molecule has 0 aromatic carbocycles. The van der Waals surface area contributed by atoms with Gasteiger partial charge in [-0.05, 0) is 13.3 Å². The minimum absolute atomic E-state index is 0.0200. The predicted molar refractivity (Wildman–Crippen MR) is 50.1 cm³/mol. The van der Waals surface area contributed by atoms with Crippen LogP contribution in [-0.4, -0.2) is 5.11 Å². The fraction of sp³-hybridized carbons (Fsp3) is 0.500. The van der Waals surface area contributed by atoms with E-state index in [2.05, 4.69) is 0 Å². The fourth-order valence-corrected chi connectivity index (χ4v) is 1.00. The summed E-state index contributed by atoms with van der Waals surface area (Å²) in [5.74, 6) is 0.737. The first-order valence-electron chi connectivity index (χ1n) is 4.39.